The van der Waals surface area contributed by atoms with E-state index in [1.807, 2.05) is 29.3 Å². The number of pyridine rings is 2. The number of rotatable bonds is 3. The van der Waals surface area contributed by atoms with Gasteiger partial charge in [0.1, 0.15) is 0 Å². The molecule has 0 radical (unpaired) electrons. The summed E-state index contributed by atoms with van der Waals surface area (Å²) in [5.41, 5.74) is 5.74. The lowest BCUT2D eigenvalue weighted by Gasteiger charge is -2.39. The summed E-state index contributed by atoms with van der Waals surface area (Å²) in [6.07, 6.45) is 7.18. The quantitative estimate of drug-likeness (QED) is 0.493. The maximum atomic E-state index is 12.8. The predicted molar refractivity (Wildman–Crippen MR) is 121 cm³/mol. The molecule has 3 aromatic rings. The zero-order valence-corrected chi connectivity index (χ0v) is 18.6. The van der Waals surface area contributed by atoms with E-state index in [-0.39, 0.29) is 18.4 Å². The van der Waals surface area contributed by atoms with Crippen molar-refractivity contribution >= 4 is 17.5 Å². The lowest BCUT2D eigenvalue weighted by molar-refractivity contribution is -0.905. The first-order valence-corrected chi connectivity index (χ1v) is 11.4. The van der Waals surface area contributed by atoms with Gasteiger partial charge < -0.3 is 4.90 Å². The molecule has 2 aliphatic rings. The molecule has 0 unspecified atom stereocenters. The van der Waals surface area contributed by atoms with E-state index in [4.69, 9.17) is 16.6 Å². The van der Waals surface area contributed by atoms with Gasteiger partial charge in [-0.25, -0.2) is 0 Å². The average Bonchev–Trinajstić information content (AvgIpc) is 2.96. The fourth-order valence-corrected chi connectivity index (χ4v) is 5.08. The van der Waals surface area contributed by atoms with Crippen LogP contribution in [0.25, 0.3) is 0 Å². The summed E-state index contributed by atoms with van der Waals surface area (Å²) in [6, 6.07) is 14.0. The lowest BCUT2D eigenvalue weighted by Crippen LogP contribution is -2.50. The smallest absolute Gasteiger partial charge is 0.227 e. The summed E-state index contributed by atoms with van der Waals surface area (Å²) >= 11 is 6.31. The Morgan fingerprint density at radius 1 is 1.09 bits per heavy atom. The number of carbonyl (C=O) groups is 1. The van der Waals surface area contributed by atoms with Gasteiger partial charge in [0.15, 0.2) is 0 Å². The van der Waals surface area contributed by atoms with Gasteiger partial charge in [-0.3, -0.25) is 19.9 Å². The Labute approximate surface area is 192 Å². The molecule has 7 heteroatoms. The Kier molecular flexibility index (Phi) is 5.81. The molecule has 2 aromatic heterocycles. The first kappa shape index (κ1) is 20.9. The fourth-order valence-electron chi connectivity index (χ4n) is 4.88. The van der Waals surface area contributed by atoms with Crippen molar-refractivity contribution in [2.45, 2.75) is 25.3 Å². The minimum absolute atomic E-state index is 0.0701. The number of hydrogen-bond donors (Lipinski definition) is 1. The number of piperazine rings is 1. The standard InChI is InChI=1S/C25H26ClN4O2/c26-21-7-8-22-20(16-21)6-5-19-4-1-9-27-24(19)25(22)29-13-11-28(12-14-29)23(31)15-18-3-2-10-30(32)17-18/h1-4,7-10,16-17,25,32H,5-6,11-15H2/q+1/t25-/m1/s1. The van der Waals surface area contributed by atoms with Crippen LogP contribution in [0.5, 0.6) is 0 Å². The average molecular weight is 450 g/mol. The van der Waals surface area contributed by atoms with Crippen molar-refractivity contribution in [3.8, 4) is 0 Å². The molecule has 1 aromatic carbocycles. The largest absolute Gasteiger partial charge is 0.340 e. The van der Waals surface area contributed by atoms with Crippen molar-refractivity contribution in [3.05, 3.63) is 94.0 Å². The van der Waals surface area contributed by atoms with Gasteiger partial charge in [-0.15, -0.1) is 0 Å². The van der Waals surface area contributed by atoms with Crippen LogP contribution in [0.2, 0.25) is 5.02 Å². The minimum atomic E-state index is 0.0701. The van der Waals surface area contributed by atoms with Gasteiger partial charge >= 0.3 is 0 Å². The highest BCUT2D eigenvalue weighted by Gasteiger charge is 2.33. The summed E-state index contributed by atoms with van der Waals surface area (Å²) in [5.74, 6) is 0.0856. The number of fused-ring (bicyclic) bond motifs is 2. The van der Waals surface area contributed by atoms with Gasteiger partial charge in [0.05, 0.1) is 18.2 Å². The molecule has 164 valence electrons. The summed E-state index contributed by atoms with van der Waals surface area (Å²) in [5, 5.41) is 10.4. The van der Waals surface area contributed by atoms with Crippen LogP contribution >= 0.6 is 11.6 Å². The molecule has 32 heavy (non-hydrogen) atoms. The van der Waals surface area contributed by atoms with Gasteiger partial charge in [0, 0.05) is 53.8 Å². The zero-order valence-electron chi connectivity index (χ0n) is 17.8. The highest BCUT2D eigenvalue weighted by Crippen LogP contribution is 2.37. The number of aromatic nitrogens is 2. The lowest BCUT2D eigenvalue weighted by atomic mass is 9.96. The SMILES string of the molecule is O=C(Cc1ccc[n+](O)c1)N1CCN([C@@H]2c3ccc(Cl)cc3CCc3cccnc32)CC1. The summed E-state index contributed by atoms with van der Waals surface area (Å²) in [6.45, 7) is 2.91. The van der Waals surface area contributed by atoms with E-state index in [0.29, 0.717) is 13.1 Å². The Balaban J connectivity index is 1.36. The molecule has 1 N–H and O–H groups in total. The second-order valence-electron chi connectivity index (χ2n) is 8.48. The third-order valence-electron chi connectivity index (χ3n) is 6.48. The van der Waals surface area contributed by atoms with Crippen LogP contribution in [-0.2, 0) is 24.1 Å². The number of carbonyl (C=O) groups excluding carboxylic acids is 1. The van der Waals surface area contributed by atoms with Gasteiger partial charge in [-0.1, -0.05) is 23.7 Å². The molecule has 1 fully saturated rings. The summed E-state index contributed by atoms with van der Waals surface area (Å²) in [7, 11) is 0. The third-order valence-corrected chi connectivity index (χ3v) is 6.72. The molecule has 3 heterocycles. The van der Waals surface area contributed by atoms with Crippen molar-refractivity contribution < 1.29 is 14.7 Å². The molecular formula is C25H26ClN4O2+. The van der Waals surface area contributed by atoms with E-state index in [2.05, 4.69) is 23.1 Å². The molecule has 6 nitrogen and oxygen atoms in total. The second-order valence-corrected chi connectivity index (χ2v) is 8.92. The maximum absolute atomic E-state index is 12.8. The van der Waals surface area contributed by atoms with Crippen LogP contribution in [0, 0.1) is 0 Å². The molecular weight excluding hydrogens is 424 g/mol. The molecule has 1 saturated heterocycles. The molecule has 0 saturated carbocycles. The second kappa shape index (κ2) is 8.88. The highest BCUT2D eigenvalue weighted by molar-refractivity contribution is 6.30. The van der Waals surface area contributed by atoms with Crippen LogP contribution in [-0.4, -0.2) is 52.1 Å². The molecule has 0 spiro atoms. The number of nitrogens with zero attached hydrogens (tertiary/aromatic N) is 4. The molecule has 1 amide bonds. The Bertz CT molecular complexity index is 1140. The van der Waals surface area contributed by atoms with Crippen molar-refractivity contribution in [3.63, 3.8) is 0 Å². The van der Waals surface area contributed by atoms with Crippen LogP contribution in [0.1, 0.15) is 34.0 Å². The number of aryl methyl sites for hydroxylation is 2. The Morgan fingerprint density at radius 2 is 1.91 bits per heavy atom. The number of amides is 1. The Morgan fingerprint density at radius 3 is 2.72 bits per heavy atom. The third kappa shape index (κ3) is 4.20. The number of benzene rings is 1. The molecule has 0 bridgehead atoms. The van der Waals surface area contributed by atoms with Crippen LogP contribution in [0.3, 0.4) is 0 Å². The first-order valence-electron chi connectivity index (χ1n) is 11.0. The topological polar surface area (TPSA) is 60.6 Å². The van der Waals surface area contributed by atoms with E-state index in [1.165, 1.54) is 22.9 Å². The van der Waals surface area contributed by atoms with Crippen LogP contribution in [0.15, 0.2) is 61.1 Å². The molecule has 5 rings (SSSR count). The minimum Gasteiger partial charge on any atom is -0.340 e. The molecule has 1 aliphatic carbocycles. The van der Waals surface area contributed by atoms with E-state index >= 15 is 0 Å². The maximum Gasteiger partial charge on any atom is 0.227 e. The number of hydrogen-bond acceptors (Lipinski definition) is 4. The van der Waals surface area contributed by atoms with E-state index in [9.17, 15) is 10.0 Å². The molecule has 1 aliphatic heterocycles. The van der Waals surface area contributed by atoms with Crippen molar-refractivity contribution in [2.24, 2.45) is 0 Å². The normalized spacial score (nSPS) is 18.5. The fraction of sp³-hybridized carbons (Fsp3) is 0.320. The first-order chi connectivity index (χ1) is 15.6. The van der Waals surface area contributed by atoms with Crippen molar-refractivity contribution in [1.82, 2.24) is 14.8 Å². The van der Waals surface area contributed by atoms with Crippen molar-refractivity contribution in [2.75, 3.05) is 26.2 Å². The monoisotopic (exact) mass is 449 g/mol. The van der Waals surface area contributed by atoms with Gasteiger partial charge in [-0.05, 0) is 53.8 Å². The van der Waals surface area contributed by atoms with Crippen LogP contribution < -0.4 is 4.73 Å². The Hall–Kier alpha value is -2.96. The predicted octanol–water partition coefficient (Wildman–Crippen LogP) is 2.83. The van der Waals surface area contributed by atoms with E-state index < -0.39 is 0 Å². The van der Waals surface area contributed by atoms with E-state index in [1.54, 1.807) is 12.3 Å². The van der Waals surface area contributed by atoms with Gasteiger partial charge in [0.2, 0.25) is 18.3 Å². The summed E-state index contributed by atoms with van der Waals surface area (Å²) in [4.78, 5) is 22.0. The van der Waals surface area contributed by atoms with Gasteiger partial charge in [-0.2, -0.15) is 0 Å². The summed E-state index contributed by atoms with van der Waals surface area (Å²) < 4.78 is 0.987. The number of halogens is 1. The highest BCUT2D eigenvalue weighted by atomic mass is 35.5. The van der Waals surface area contributed by atoms with E-state index in [0.717, 1.165) is 46.9 Å². The van der Waals surface area contributed by atoms with Crippen LogP contribution in [0.4, 0.5) is 0 Å². The van der Waals surface area contributed by atoms with Gasteiger partial charge in [0.25, 0.3) is 0 Å². The molecule has 1 atom stereocenters. The zero-order chi connectivity index (χ0) is 22.1. The van der Waals surface area contributed by atoms with Crippen molar-refractivity contribution in [1.29, 1.82) is 0 Å².